The predicted octanol–water partition coefficient (Wildman–Crippen LogP) is 3.26. The zero-order valence-electron chi connectivity index (χ0n) is 11.6. The van der Waals surface area contributed by atoms with E-state index in [2.05, 4.69) is 11.9 Å². The molecule has 0 aliphatic rings. The van der Waals surface area contributed by atoms with Crippen LogP contribution in [0.4, 0.5) is 5.69 Å². The Kier molecular flexibility index (Phi) is 7.78. The van der Waals surface area contributed by atoms with Crippen molar-refractivity contribution in [3.63, 3.8) is 0 Å². The van der Waals surface area contributed by atoms with Crippen LogP contribution in [0.1, 0.15) is 31.2 Å². The van der Waals surface area contributed by atoms with E-state index in [0.29, 0.717) is 37.3 Å². The van der Waals surface area contributed by atoms with Crippen LogP contribution in [0.5, 0.6) is 0 Å². The van der Waals surface area contributed by atoms with Crippen molar-refractivity contribution < 1.29 is 9.53 Å². The van der Waals surface area contributed by atoms with E-state index in [1.54, 1.807) is 24.3 Å². The van der Waals surface area contributed by atoms with E-state index in [4.69, 9.17) is 10.00 Å². The summed E-state index contributed by atoms with van der Waals surface area (Å²) in [6.45, 7) is 4.95. The first-order valence-electron chi connectivity index (χ1n) is 6.75. The van der Waals surface area contributed by atoms with Crippen molar-refractivity contribution in [3.05, 3.63) is 42.5 Å². The molecule has 0 fully saturated rings. The minimum atomic E-state index is -0.0376. The highest BCUT2D eigenvalue weighted by Gasteiger charge is 2.02. The molecule has 1 aromatic rings. The van der Waals surface area contributed by atoms with Crippen molar-refractivity contribution in [2.45, 2.75) is 25.7 Å². The van der Waals surface area contributed by atoms with Gasteiger partial charge in [0.15, 0.2) is 0 Å². The first-order valence-corrected chi connectivity index (χ1v) is 6.75. The van der Waals surface area contributed by atoms with Crippen LogP contribution in [0.25, 0.3) is 0 Å². The fourth-order valence-electron chi connectivity index (χ4n) is 1.62. The van der Waals surface area contributed by atoms with Crippen molar-refractivity contribution in [1.29, 1.82) is 5.26 Å². The Hall–Kier alpha value is -2.12. The summed E-state index contributed by atoms with van der Waals surface area (Å²) >= 11 is 0. The molecule has 0 saturated carbocycles. The Morgan fingerprint density at radius 2 is 2.00 bits per heavy atom. The van der Waals surface area contributed by atoms with Crippen LogP contribution in [0, 0.1) is 11.3 Å². The van der Waals surface area contributed by atoms with Gasteiger partial charge in [-0.25, -0.2) is 0 Å². The number of rotatable bonds is 9. The molecular formula is C16H20N2O2. The van der Waals surface area contributed by atoms with Gasteiger partial charge in [-0.05, 0) is 43.5 Å². The van der Waals surface area contributed by atoms with Gasteiger partial charge in [-0.15, -0.1) is 6.58 Å². The highest BCUT2D eigenvalue weighted by molar-refractivity contribution is 5.90. The number of unbranched alkanes of at least 4 members (excludes halogenated alkanes) is 1. The molecule has 4 nitrogen and oxygen atoms in total. The molecule has 0 heterocycles. The molecule has 106 valence electrons. The molecule has 0 unspecified atom stereocenters. The van der Waals surface area contributed by atoms with E-state index >= 15 is 0 Å². The summed E-state index contributed by atoms with van der Waals surface area (Å²) in [6.07, 6.45) is 4.94. The molecule has 20 heavy (non-hydrogen) atoms. The van der Waals surface area contributed by atoms with Gasteiger partial charge < -0.3 is 10.1 Å². The SMILES string of the molecule is C=CCCCOCCCC(=O)Nc1ccc(C#N)cc1. The van der Waals surface area contributed by atoms with E-state index < -0.39 is 0 Å². The summed E-state index contributed by atoms with van der Waals surface area (Å²) in [5.74, 6) is -0.0376. The summed E-state index contributed by atoms with van der Waals surface area (Å²) in [4.78, 5) is 11.7. The molecule has 4 heteroatoms. The largest absolute Gasteiger partial charge is 0.381 e. The van der Waals surface area contributed by atoms with Crippen LogP contribution < -0.4 is 5.32 Å². The van der Waals surface area contributed by atoms with E-state index in [-0.39, 0.29) is 5.91 Å². The van der Waals surface area contributed by atoms with Gasteiger partial charge in [-0.2, -0.15) is 5.26 Å². The molecule has 0 saturated heterocycles. The van der Waals surface area contributed by atoms with Crippen LogP contribution in [0.15, 0.2) is 36.9 Å². The molecule has 1 N–H and O–H groups in total. The van der Waals surface area contributed by atoms with Crippen LogP contribution in [-0.4, -0.2) is 19.1 Å². The second-order valence-corrected chi connectivity index (χ2v) is 4.38. The van der Waals surface area contributed by atoms with Crippen LogP contribution >= 0.6 is 0 Å². The molecule has 0 aliphatic heterocycles. The number of anilines is 1. The topological polar surface area (TPSA) is 62.1 Å². The Bertz CT molecular complexity index is 460. The fourth-order valence-corrected chi connectivity index (χ4v) is 1.62. The van der Waals surface area contributed by atoms with Gasteiger partial charge in [0.05, 0.1) is 11.6 Å². The highest BCUT2D eigenvalue weighted by atomic mass is 16.5. The standard InChI is InChI=1S/C16H20N2O2/c1-2-3-4-11-20-12-5-6-16(19)18-15-9-7-14(13-17)8-10-15/h2,7-10H,1,3-6,11-12H2,(H,18,19). The Morgan fingerprint density at radius 3 is 2.65 bits per heavy atom. The number of benzene rings is 1. The number of amides is 1. The molecular weight excluding hydrogens is 252 g/mol. The van der Waals surface area contributed by atoms with Gasteiger partial charge in [0.25, 0.3) is 0 Å². The third kappa shape index (κ3) is 6.72. The number of allylic oxidation sites excluding steroid dienone is 1. The summed E-state index contributed by atoms with van der Waals surface area (Å²) < 4.78 is 5.40. The lowest BCUT2D eigenvalue weighted by Crippen LogP contribution is -2.12. The lowest BCUT2D eigenvalue weighted by Gasteiger charge is -2.06. The van der Waals surface area contributed by atoms with Crippen molar-refractivity contribution >= 4 is 11.6 Å². The molecule has 0 radical (unpaired) electrons. The van der Waals surface area contributed by atoms with E-state index in [9.17, 15) is 4.79 Å². The maximum Gasteiger partial charge on any atom is 0.224 e. The average molecular weight is 272 g/mol. The second-order valence-electron chi connectivity index (χ2n) is 4.38. The van der Waals surface area contributed by atoms with E-state index in [1.807, 2.05) is 12.1 Å². The molecule has 0 spiro atoms. The minimum absolute atomic E-state index is 0.0376. The quantitative estimate of drug-likeness (QED) is 0.554. The maximum atomic E-state index is 11.7. The smallest absolute Gasteiger partial charge is 0.224 e. The van der Waals surface area contributed by atoms with Crippen LogP contribution in [0.2, 0.25) is 0 Å². The third-order valence-electron chi connectivity index (χ3n) is 2.69. The van der Waals surface area contributed by atoms with Crippen molar-refractivity contribution in [3.8, 4) is 6.07 Å². The number of ether oxygens (including phenoxy) is 1. The second kappa shape index (κ2) is 9.76. The van der Waals surface area contributed by atoms with Crippen LogP contribution in [0.3, 0.4) is 0 Å². The molecule has 0 aromatic heterocycles. The third-order valence-corrected chi connectivity index (χ3v) is 2.69. The Labute approximate surface area is 120 Å². The number of carbonyl (C=O) groups is 1. The van der Waals surface area contributed by atoms with Gasteiger partial charge in [-0.1, -0.05) is 6.08 Å². The normalized spacial score (nSPS) is 9.75. The lowest BCUT2D eigenvalue weighted by atomic mass is 10.2. The van der Waals surface area contributed by atoms with E-state index in [1.165, 1.54) is 0 Å². The molecule has 0 atom stereocenters. The molecule has 1 aromatic carbocycles. The minimum Gasteiger partial charge on any atom is -0.381 e. The molecule has 0 aliphatic carbocycles. The summed E-state index contributed by atoms with van der Waals surface area (Å²) in [5, 5.41) is 11.5. The first kappa shape index (κ1) is 15.9. The number of hydrogen-bond acceptors (Lipinski definition) is 3. The van der Waals surface area contributed by atoms with Gasteiger partial charge in [-0.3, -0.25) is 4.79 Å². The number of nitriles is 1. The monoisotopic (exact) mass is 272 g/mol. The van der Waals surface area contributed by atoms with Gasteiger partial charge >= 0.3 is 0 Å². The van der Waals surface area contributed by atoms with Gasteiger partial charge in [0.1, 0.15) is 0 Å². The maximum absolute atomic E-state index is 11.7. The zero-order chi connectivity index (χ0) is 14.6. The Morgan fingerprint density at radius 1 is 1.30 bits per heavy atom. The number of nitrogens with zero attached hydrogens (tertiary/aromatic N) is 1. The average Bonchev–Trinajstić information content (AvgIpc) is 2.47. The summed E-state index contributed by atoms with van der Waals surface area (Å²) in [7, 11) is 0. The van der Waals surface area contributed by atoms with Crippen LogP contribution in [-0.2, 0) is 9.53 Å². The molecule has 0 bridgehead atoms. The van der Waals surface area contributed by atoms with Gasteiger partial charge in [0.2, 0.25) is 5.91 Å². The van der Waals surface area contributed by atoms with Gasteiger partial charge in [0, 0.05) is 25.3 Å². The summed E-state index contributed by atoms with van der Waals surface area (Å²) in [5.41, 5.74) is 1.29. The molecule has 1 rings (SSSR count). The first-order chi connectivity index (χ1) is 9.76. The van der Waals surface area contributed by atoms with E-state index in [0.717, 1.165) is 12.8 Å². The van der Waals surface area contributed by atoms with Crippen molar-refractivity contribution in [2.24, 2.45) is 0 Å². The fraction of sp³-hybridized carbons (Fsp3) is 0.375. The number of nitrogens with one attached hydrogen (secondary N) is 1. The summed E-state index contributed by atoms with van der Waals surface area (Å²) in [6, 6.07) is 8.84. The number of hydrogen-bond donors (Lipinski definition) is 1. The Balaban J connectivity index is 2.13. The predicted molar refractivity (Wildman–Crippen MR) is 79.3 cm³/mol. The van der Waals surface area contributed by atoms with Crippen molar-refractivity contribution in [2.75, 3.05) is 18.5 Å². The number of carbonyl (C=O) groups excluding carboxylic acids is 1. The van der Waals surface area contributed by atoms with Crippen molar-refractivity contribution in [1.82, 2.24) is 0 Å². The zero-order valence-corrected chi connectivity index (χ0v) is 11.6. The highest BCUT2D eigenvalue weighted by Crippen LogP contribution is 2.09. The molecule has 1 amide bonds. The lowest BCUT2D eigenvalue weighted by molar-refractivity contribution is -0.116.